The molecule has 0 aromatic heterocycles. The van der Waals surface area contributed by atoms with Crippen molar-refractivity contribution in [3.8, 4) is 0 Å². The Labute approximate surface area is 185 Å². The smallest absolute Gasteiger partial charge is 0.323 e. The predicted octanol–water partition coefficient (Wildman–Crippen LogP) is 3.89. The van der Waals surface area contributed by atoms with Gasteiger partial charge in [0, 0.05) is 17.1 Å². The van der Waals surface area contributed by atoms with Gasteiger partial charge in [-0.25, -0.2) is 5.09 Å². The molecule has 0 aromatic rings. The van der Waals surface area contributed by atoms with Crippen LogP contribution in [0.25, 0.3) is 0 Å². The van der Waals surface area contributed by atoms with Gasteiger partial charge >= 0.3 is 5.97 Å². The molecule has 4 atom stereocenters. The molecule has 7 nitrogen and oxygen atoms in total. The van der Waals surface area contributed by atoms with Crippen LogP contribution in [0, 0.1) is 11.3 Å². The van der Waals surface area contributed by atoms with Gasteiger partial charge in [-0.1, -0.05) is 39.5 Å². The summed E-state index contributed by atoms with van der Waals surface area (Å²) in [5.74, 6) is -0.114. The van der Waals surface area contributed by atoms with Crippen molar-refractivity contribution in [2.75, 3.05) is 19.0 Å². The van der Waals surface area contributed by atoms with Gasteiger partial charge in [0.05, 0.1) is 25.4 Å². The molecule has 0 saturated carbocycles. The fourth-order valence-electron chi connectivity index (χ4n) is 2.04. The number of thioether (sulfide) groups is 1. The largest absolute Gasteiger partial charge is 0.462 e. The lowest BCUT2D eigenvalue weighted by atomic mass is 10.00. The lowest BCUT2D eigenvalue weighted by molar-refractivity contribution is -0.149. The summed E-state index contributed by atoms with van der Waals surface area (Å²) in [5.41, 5.74) is -0.430. The van der Waals surface area contributed by atoms with Gasteiger partial charge in [-0.15, -0.1) is 0 Å². The summed E-state index contributed by atoms with van der Waals surface area (Å²) < 4.78 is 16.9. The number of ether oxygens (including phenoxy) is 1. The minimum Gasteiger partial charge on any atom is -0.462 e. The highest BCUT2D eigenvalue weighted by Gasteiger charge is 2.29. The second-order valence-corrected chi connectivity index (χ2v) is 12.5. The summed E-state index contributed by atoms with van der Waals surface area (Å²) in [7, 11) is 0. The van der Waals surface area contributed by atoms with Crippen molar-refractivity contribution in [3.05, 3.63) is 0 Å². The molecule has 29 heavy (non-hydrogen) atoms. The monoisotopic (exact) mass is 471 g/mol. The van der Waals surface area contributed by atoms with E-state index in [1.807, 2.05) is 27.7 Å². The number of aliphatic hydroxyl groups is 1. The minimum atomic E-state index is -3.03. The Morgan fingerprint density at radius 3 is 2.21 bits per heavy atom. The Hall–Kier alpha value is -0.0200. The Morgan fingerprint density at radius 2 is 1.76 bits per heavy atom. The molecule has 2 N–H and O–H groups in total. The highest BCUT2D eigenvalue weighted by atomic mass is 32.5. The molecule has 0 aliphatic carbocycles. The van der Waals surface area contributed by atoms with E-state index in [2.05, 4.69) is 5.09 Å². The highest BCUT2D eigenvalue weighted by Crippen LogP contribution is 2.45. The second kappa shape index (κ2) is 13.4. The van der Waals surface area contributed by atoms with Gasteiger partial charge in [-0.2, -0.15) is 0 Å². The van der Waals surface area contributed by atoms with E-state index in [1.54, 1.807) is 27.7 Å². The van der Waals surface area contributed by atoms with Crippen LogP contribution in [0.15, 0.2) is 0 Å². The first kappa shape index (κ1) is 29.0. The molecule has 0 saturated heterocycles. The summed E-state index contributed by atoms with van der Waals surface area (Å²) in [5, 5.41) is 12.9. The first-order chi connectivity index (χ1) is 13.2. The molecule has 0 aromatic carbocycles. The lowest BCUT2D eigenvalue weighted by Gasteiger charge is -2.28. The normalized spacial score (nSPS) is 17.4. The standard InChI is InChI=1S/C19H38NO6PS2/c1-9-16(15(5)21)12-25-27(28,20-14(4)17(22)26-13(2)3)24-10-11-29-18(23)19(6,7)8/h13-16,21H,9-12H2,1-8H3,(H,20,28). The Morgan fingerprint density at radius 1 is 1.17 bits per heavy atom. The van der Waals surface area contributed by atoms with Crippen LogP contribution in [-0.2, 0) is 35.2 Å². The SMILES string of the molecule is CCC(COP(=S)(NC(C)C(=O)OC(C)C)OCCSC(=O)C(C)(C)C)C(C)O. The van der Waals surface area contributed by atoms with Crippen LogP contribution in [-0.4, -0.2) is 53.4 Å². The fraction of sp³-hybridized carbons (Fsp3) is 0.895. The number of rotatable bonds is 13. The zero-order valence-electron chi connectivity index (χ0n) is 18.9. The van der Waals surface area contributed by atoms with Gasteiger partial charge in [0.1, 0.15) is 6.04 Å². The van der Waals surface area contributed by atoms with E-state index in [0.29, 0.717) is 12.2 Å². The Bertz CT molecular complexity index is 565. The molecule has 0 bridgehead atoms. The second-order valence-electron chi connectivity index (χ2n) is 8.26. The van der Waals surface area contributed by atoms with Crippen LogP contribution in [0.5, 0.6) is 0 Å². The molecule has 0 spiro atoms. The molecule has 0 rings (SSSR count). The van der Waals surface area contributed by atoms with Gasteiger partial charge < -0.3 is 18.9 Å². The molecule has 10 heteroatoms. The van der Waals surface area contributed by atoms with Crippen molar-refractivity contribution in [1.29, 1.82) is 0 Å². The number of hydrogen-bond donors (Lipinski definition) is 2. The zero-order valence-corrected chi connectivity index (χ0v) is 21.4. The highest BCUT2D eigenvalue weighted by molar-refractivity contribution is 8.13. The fourth-order valence-corrected chi connectivity index (χ4v) is 5.35. The molecule has 0 amide bonds. The van der Waals surface area contributed by atoms with E-state index >= 15 is 0 Å². The minimum absolute atomic E-state index is 0.0670. The van der Waals surface area contributed by atoms with Gasteiger partial charge in [-0.3, -0.25) is 9.59 Å². The topological polar surface area (TPSA) is 94.1 Å². The first-order valence-corrected chi connectivity index (χ1v) is 13.6. The molecule has 0 aliphatic heterocycles. The maximum absolute atomic E-state index is 12.2. The van der Waals surface area contributed by atoms with Crippen LogP contribution in [0.3, 0.4) is 0 Å². The molecule has 0 fully saturated rings. The van der Waals surface area contributed by atoms with Gasteiger partial charge in [0.2, 0.25) is 0 Å². The van der Waals surface area contributed by atoms with Crippen molar-refractivity contribution in [1.82, 2.24) is 5.09 Å². The van der Waals surface area contributed by atoms with Crippen LogP contribution in [0.2, 0.25) is 0 Å². The van der Waals surface area contributed by atoms with E-state index in [0.717, 1.165) is 0 Å². The lowest BCUT2D eigenvalue weighted by Crippen LogP contribution is -2.36. The van der Waals surface area contributed by atoms with Gasteiger partial charge in [0.15, 0.2) is 5.12 Å². The Kier molecular flexibility index (Phi) is 13.4. The van der Waals surface area contributed by atoms with E-state index in [9.17, 15) is 14.7 Å². The number of nitrogens with one attached hydrogen (secondary N) is 1. The summed E-state index contributed by atoms with van der Waals surface area (Å²) in [6.45, 7) is 11.8. The van der Waals surface area contributed by atoms with E-state index in [1.165, 1.54) is 11.8 Å². The van der Waals surface area contributed by atoms with E-state index in [-0.39, 0.29) is 30.4 Å². The molecular formula is C19H38NO6PS2. The van der Waals surface area contributed by atoms with Crippen LogP contribution in [0.1, 0.15) is 61.8 Å². The zero-order chi connectivity index (χ0) is 22.8. The third-order valence-corrected chi connectivity index (χ3v) is 7.82. The first-order valence-electron chi connectivity index (χ1n) is 9.94. The van der Waals surface area contributed by atoms with E-state index in [4.69, 9.17) is 25.6 Å². The quantitative estimate of drug-likeness (QED) is 0.236. The third kappa shape index (κ3) is 12.4. The molecule has 0 aliphatic rings. The summed E-state index contributed by atoms with van der Waals surface area (Å²) >= 11 is 6.77. The van der Waals surface area contributed by atoms with Crippen molar-refractivity contribution >= 4 is 41.3 Å². The number of carbonyl (C=O) groups excluding carboxylic acids is 2. The van der Waals surface area contributed by atoms with Crippen molar-refractivity contribution in [2.24, 2.45) is 11.3 Å². The Balaban J connectivity index is 5.01. The molecule has 0 heterocycles. The molecule has 172 valence electrons. The van der Waals surface area contributed by atoms with Crippen LogP contribution < -0.4 is 5.09 Å². The molecule has 0 radical (unpaired) electrons. The van der Waals surface area contributed by atoms with Crippen molar-refractivity contribution in [3.63, 3.8) is 0 Å². The van der Waals surface area contributed by atoms with Crippen molar-refractivity contribution in [2.45, 2.75) is 80.1 Å². The maximum atomic E-state index is 12.2. The van der Waals surface area contributed by atoms with Gasteiger partial charge in [-0.05, 0) is 45.9 Å². The summed E-state index contributed by atoms with van der Waals surface area (Å²) in [6.07, 6.45) is -0.0776. The third-order valence-electron chi connectivity index (χ3n) is 3.91. The van der Waals surface area contributed by atoms with Crippen LogP contribution in [0.4, 0.5) is 0 Å². The average Bonchev–Trinajstić information content (AvgIpc) is 2.57. The van der Waals surface area contributed by atoms with Crippen molar-refractivity contribution < 1.29 is 28.5 Å². The van der Waals surface area contributed by atoms with Gasteiger partial charge in [0.25, 0.3) is 6.64 Å². The number of esters is 1. The predicted molar refractivity (Wildman–Crippen MR) is 122 cm³/mol. The summed E-state index contributed by atoms with van der Waals surface area (Å²) in [4.78, 5) is 24.2. The maximum Gasteiger partial charge on any atom is 0.323 e. The molecule has 4 unspecified atom stereocenters. The average molecular weight is 472 g/mol. The van der Waals surface area contributed by atoms with E-state index < -0.39 is 30.2 Å². The van der Waals surface area contributed by atoms with Crippen LogP contribution >= 0.6 is 18.4 Å². The number of aliphatic hydroxyl groups excluding tert-OH is 1. The summed E-state index contributed by atoms with van der Waals surface area (Å²) in [6, 6.07) is -0.710. The molecular weight excluding hydrogens is 433 g/mol. The number of carbonyl (C=O) groups is 2. The number of hydrogen-bond acceptors (Lipinski definition) is 8.